The second-order valence-electron chi connectivity index (χ2n) is 3.91. The summed E-state index contributed by atoms with van der Waals surface area (Å²) in [5.41, 5.74) is 0. The Labute approximate surface area is 90.3 Å². The predicted octanol–water partition coefficient (Wildman–Crippen LogP) is -0.735. The van der Waals surface area contributed by atoms with Crippen molar-refractivity contribution < 1.29 is 25.2 Å². The predicted molar refractivity (Wildman–Crippen MR) is 55.4 cm³/mol. The van der Waals surface area contributed by atoms with Crippen molar-refractivity contribution in [2.24, 2.45) is 0 Å². The van der Waals surface area contributed by atoms with Gasteiger partial charge in [0.2, 0.25) is 0 Å². The van der Waals surface area contributed by atoms with Crippen molar-refractivity contribution in [3.63, 3.8) is 0 Å². The minimum absolute atomic E-state index is 0.0555. The van der Waals surface area contributed by atoms with Gasteiger partial charge in [-0.1, -0.05) is 6.92 Å². The highest BCUT2D eigenvalue weighted by atomic mass is 16.5. The standard InChI is InChI=1S/C10H22O5/c1-4-7(11)9(13)10(14)8(12)5-15-6(2)3/h6-14H,4-5H2,1-3H3/t7-,8+,9-,10-/m1/s1. The number of hydrogen-bond acceptors (Lipinski definition) is 5. The summed E-state index contributed by atoms with van der Waals surface area (Å²) < 4.78 is 5.09. The Morgan fingerprint density at radius 1 is 0.933 bits per heavy atom. The van der Waals surface area contributed by atoms with Crippen molar-refractivity contribution in [3.05, 3.63) is 0 Å². The third kappa shape index (κ3) is 5.44. The third-order valence-electron chi connectivity index (χ3n) is 2.16. The number of ether oxygens (including phenoxy) is 1. The maximum Gasteiger partial charge on any atom is 0.110 e. The van der Waals surface area contributed by atoms with Crippen LogP contribution in [0.5, 0.6) is 0 Å². The van der Waals surface area contributed by atoms with E-state index in [9.17, 15) is 20.4 Å². The lowest BCUT2D eigenvalue weighted by Crippen LogP contribution is -2.46. The van der Waals surface area contributed by atoms with Gasteiger partial charge < -0.3 is 25.2 Å². The summed E-state index contributed by atoms with van der Waals surface area (Å²) in [5.74, 6) is 0. The van der Waals surface area contributed by atoms with Gasteiger partial charge in [-0.2, -0.15) is 0 Å². The van der Waals surface area contributed by atoms with Crippen LogP contribution in [-0.4, -0.2) is 57.6 Å². The zero-order valence-electron chi connectivity index (χ0n) is 9.50. The fourth-order valence-electron chi connectivity index (χ4n) is 1.09. The van der Waals surface area contributed by atoms with Crippen molar-refractivity contribution in [1.82, 2.24) is 0 Å². The monoisotopic (exact) mass is 222 g/mol. The lowest BCUT2D eigenvalue weighted by atomic mass is 10.0. The molecule has 0 aliphatic carbocycles. The van der Waals surface area contributed by atoms with Crippen LogP contribution >= 0.6 is 0 Å². The van der Waals surface area contributed by atoms with E-state index in [4.69, 9.17) is 4.74 Å². The molecule has 0 aliphatic heterocycles. The van der Waals surface area contributed by atoms with E-state index >= 15 is 0 Å². The summed E-state index contributed by atoms with van der Waals surface area (Å²) in [6.07, 6.45) is -4.70. The van der Waals surface area contributed by atoms with Gasteiger partial charge in [-0.05, 0) is 20.3 Å². The molecular formula is C10H22O5. The van der Waals surface area contributed by atoms with Crippen molar-refractivity contribution in [2.75, 3.05) is 6.61 Å². The first kappa shape index (κ1) is 14.8. The second-order valence-corrected chi connectivity index (χ2v) is 3.91. The number of rotatable bonds is 7. The largest absolute Gasteiger partial charge is 0.390 e. The molecule has 0 rings (SSSR count). The van der Waals surface area contributed by atoms with Crippen molar-refractivity contribution >= 4 is 0 Å². The van der Waals surface area contributed by atoms with Gasteiger partial charge in [0.25, 0.3) is 0 Å². The van der Waals surface area contributed by atoms with E-state index in [1.54, 1.807) is 20.8 Å². The maximum atomic E-state index is 9.46. The molecule has 0 aromatic heterocycles. The van der Waals surface area contributed by atoms with Crippen molar-refractivity contribution in [3.8, 4) is 0 Å². The van der Waals surface area contributed by atoms with Crippen LogP contribution in [-0.2, 0) is 4.74 Å². The first-order valence-corrected chi connectivity index (χ1v) is 5.24. The lowest BCUT2D eigenvalue weighted by molar-refractivity contribution is -0.126. The van der Waals surface area contributed by atoms with E-state index in [0.29, 0.717) is 6.42 Å². The maximum absolute atomic E-state index is 9.46. The molecule has 0 saturated heterocycles. The van der Waals surface area contributed by atoms with Crippen LogP contribution in [0, 0.1) is 0 Å². The van der Waals surface area contributed by atoms with Gasteiger partial charge in [-0.15, -0.1) is 0 Å². The fourth-order valence-corrected chi connectivity index (χ4v) is 1.09. The summed E-state index contributed by atoms with van der Waals surface area (Å²) >= 11 is 0. The second kappa shape index (κ2) is 7.14. The van der Waals surface area contributed by atoms with Gasteiger partial charge in [-0.3, -0.25) is 0 Å². The number of aliphatic hydroxyl groups excluding tert-OH is 4. The molecule has 0 bridgehead atoms. The molecule has 4 atom stereocenters. The quantitative estimate of drug-likeness (QED) is 0.456. The summed E-state index contributed by atoms with van der Waals surface area (Å²) in [7, 11) is 0. The van der Waals surface area contributed by atoms with Gasteiger partial charge in [0, 0.05) is 0 Å². The number of aliphatic hydroxyl groups is 4. The van der Waals surface area contributed by atoms with Crippen LogP contribution in [0.4, 0.5) is 0 Å². The Bertz CT molecular complexity index is 162. The molecule has 0 aromatic rings. The van der Waals surface area contributed by atoms with E-state index in [1.807, 2.05) is 0 Å². The van der Waals surface area contributed by atoms with Gasteiger partial charge >= 0.3 is 0 Å². The molecule has 0 heterocycles. The van der Waals surface area contributed by atoms with E-state index < -0.39 is 24.4 Å². The highest BCUT2D eigenvalue weighted by molar-refractivity contribution is 4.80. The SMILES string of the molecule is CC[C@@H](O)[C@@H](O)[C@H](O)[C@@H](O)COC(C)C. The Morgan fingerprint density at radius 2 is 1.40 bits per heavy atom. The van der Waals surface area contributed by atoms with Crippen LogP contribution < -0.4 is 0 Å². The normalized spacial score (nSPS) is 20.0. The minimum atomic E-state index is -1.39. The van der Waals surface area contributed by atoms with Gasteiger partial charge in [0.15, 0.2) is 0 Å². The Hall–Kier alpha value is -0.200. The Balaban J connectivity index is 4.01. The van der Waals surface area contributed by atoms with Crippen LogP contribution in [0.2, 0.25) is 0 Å². The average Bonchev–Trinajstić information content (AvgIpc) is 2.22. The van der Waals surface area contributed by atoms with Gasteiger partial charge in [0.1, 0.15) is 18.3 Å². The van der Waals surface area contributed by atoms with Gasteiger partial charge in [0.05, 0.1) is 18.8 Å². The smallest absolute Gasteiger partial charge is 0.110 e. The molecule has 0 aliphatic rings. The molecule has 15 heavy (non-hydrogen) atoms. The van der Waals surface area contributed by atoms with Crippen molar-refractivity contribution in [2.45, 2.75) is 57.7 Å². The zero-order chi connectivity index (χ0) is 12.0. The van der Waals surface area contributed by atoms with Crippen LogP contribution in [0.1, 0.15) is 27.2 Å². The zero-order valence-corrected chi connectivity index (χ0v) is 9.50. The third-order valence-corrected chi connectivity index (χ3v) is 2.16. The Kier molecular flexibility index (Phi) is 7.04. The van der Waals surface area contributed by atoms with Crippen LogP contribution in [0.15, 0.2) is 0 Å². The fraction of sp³-hybridized carbons (Fsp3) is 1.00. The van der Waals surface area contributed by atoms with E-state index in [1.165, 1.54) is 0 Å². The topological polar surface area (TPSA) is 90.2 Å². The molecule has 5 heteroatoms. The highest BCUT2D eigenvalue weighted by Gasteiger charge is 2.29. The molecule has 4 N–H and O–H groups in total. The molecule has 0 amide bonds. The molecule has 92 valence electrons. The molecule has 0 saturated carbocycles. The highest BCUT2D eigenvalue weighted by Crippen LogP contribution is 2.08. The summed E-state index contributed by atoms with van der Waals surface area (Å²) in [5, 5.41) is 37.6. The molecule has 0 fully saturated rings. The minimum Gasteiger partial charge on any atom is -0.390 e. The number of hydrogen-bond donors (Lipinski definition) is 4. The molecule has 0 radical (unpaired) electrons. The summed E-state index contributed by atoms with van der Waals surface area (Å²) in [6.45, 7) is 5.22. The average molecular weight is 222 g/mol. The Morgan fingerprint density at radius 3 is 1.80 bits per heavy atom. The molecule has 5 nitrogen and oxygen atoms in total. The van der Waals surface area contributed by atoms with Gasteiger partial charge in [-0.25, -0.2) is 0 Å². The molecule has 0 spiro atoms. The first-order valence-electron chi connectivity index (χ1n) is 5.24. The van der Waals surface area contributed by atoms with Crippen LogP contribution in [0.3, 0.4) is 0 Å². The van der Waals surface area contributed by atoms with Crippen LogP contribution in [0.25, 0.3) is 0 Å². The van der Waals surface area contributed by atoms with Crippen molar-refractivity contribution in [1.29, 1.82) is 0 Å². The molecule has 0 aromatic carbocycles. The summed E-state index contributed by atoms with van der Waals surface area (Å²) in [4.78, 5) is 0. The first-order chi connectivity index (χ1) is 6.90. The lowest BCUT2D eigenvalue weighted by Gasteiger charge is -2.26. The van der Waals surface area contributed by atoms with E-state index in [-0.39, 0.29) is 12.7 Å². The molecular weight excluding hydrogens is 200 g/mol. The summed E-state index contributed by atoms with van der Waals surface area (Å²) in [6, 6.07) is 0. The van der Waals surface area contributed by atoms with E-state index in [2.05, 4.69) is 0 Å². The van der Waals surface area contributed by atoms with E-state index in [0.717, 1.165) is 0 Å². The molecule has 0 unspecified atom stereocenters.